The number of hydrogen-bond donors (Lipinski definition) is 2. The van der Waals surface area contributed by atoms with E-state index >= 15 is 0 Å². The molecule has 0 spiro atoms. The van der Waals surface area contributed by atoms with Crippen LogP contribution in [0.3, 0.4) is 0 Å². The fourth-order valence-corrected chi connectivity index (χ4v) is 2.97. The Morgan fingerprint density at radius 2 is 2.37 bits per heavy atom. The molecule has 6 nitrogen and oxygen atoms in total. The molecule has 1 fully saturated rings. The van der Waals surface area contributed by atoms with Gasteiger partial charge >= 0.3 is 12.0 Å². The quantitative estimate of drug-likeness (QED) is 0.882. The minimum Gasteiger partial charge on any atom is -0.480 e. The molecule has 1 atom stereocenters. The van der Waals surface area contributed by atoms with Crippen molar-refractivity contribution in [2.75, 3.05) is 6.54 Å². The molecule has 0 bridgehead atoms. The van der Waals surface area contributed by atoms with Crippen molar-refractivity contribution in [2.24, 2.45) is 0 Å². The monoisotopic (exact) mass is 283 g/mol. The average molecular weight is 283 g/mol. The molecule has 1 aliphatic heterocycles. The Labute approximate surface area is 115 Å². The van der Waals surface area contributed by atoms with E-state index in [9.17, 15) is 14.7 Å². The fourth-order valence-electron chi connectivity index (χ4n) is 2.24. The molecule has 104 valence electrons. The van der Waals surface area contributed by atoms with Gasteiger partial charge in [-0.05, 0) is 26.7 Å². The highest BCUT2D eigenvalue weighted by atomic mass is 32.1. The van der Waals surface area contributed by atoms with Crippen LogP contribution in [0, 0.1) is 6.92 Å². The van der Waals surface area contributed by atoms with Gasteiger partial charge in [-0.2, -0.15) is 0 Å². The summed E-state index contributed by atoms with van der Waals surface area (Å²) in [5.74, 6) is -0.953. The molecule has 0 saturated carbocycles. The Morgan fingerprint density at radius 1 is 1.63 bits per heavy atom. The van der Waals surface area contributed by atoms with Crippen LogP contribution in [0.4, 0.5) is 4.79 Å². The Kier molecular flexibility index (Phi) is 3.75. The second-order valence-electron chi connectivity index (χ2n) is 4.86. The number of carbonyl (C=O) groups excluding carboxylic acids is 1. The van der Waals surface area contributed by atoms with Gasteiger partial charge < -0.3 is 15.3 Å². The number of carboxylic acid groups (broad SMARTS) is 1. The number of amides is 2. The van der Waals surface area contributed by atoms with Crippen LogP contribution in [0.15, 0.2) is 6.20 Å². The third-order valence-corrected chi connectivity index (χ3v) is 4.32. The summed E-state index contributed by atoms with van der Waals surface area (Å²) in [4.78, 5) is 30.0. The van der Waals surface area contributed by atoms with E-state index in [1.807, 2.05) is 6.92 Å². The maximum absolute atomic E-state index is 12.1. The molecule has 19 heavy (non-hydrogen) atoms. The number of nitrogens with one attached hydrogen (secondary N) is 1. The van der Waals surface area contributed by atoms with Crippen molar-refractivity contribution in [2.45, 2.75) is 38.8 Å². The standard InChI is InChI=1S/C12H17N3O3S/c1-8-6-13-9(19-8)7-14-11(18)15-5-3-4-12(15,2)10(16)17/h6H,3-5,7H2,1-2H3,(H,14,18)(H,16,17). The molecular formula is C12H17N3O3S. The number of hydrogen-bond acceptors (Lipinski definition) is 4. The van der Waals surface area contributed by atoms with Crippen LogP contribution in [0.1, 0.15) is 29.7 Å². The number of aryl methyl sites for hydroxylation is 1. The van der Waals surface area contributed by atoms with Gasteiger partial charge in [-0.1, -0.05) is 0 Å². The Balaban J connectivity index is 1.98. The summed E-state index contributed by atoms with van der Waals surface area (Å²) < 4.78 is 0. The normalized spacial score (nSPS) is 22.5. The van der Waals surface area contributed by atoms with Crippen molar-refractivity contribution in [3.05, 3.63) is 16.1 Å². The number of rotatable bonds is 3. The lowest BCUT2D eigenvalue weighted by Gasteiger charge is -2.31. The van der Waals surface area contributed by atoms with Crippen molar-refractivity contribution in [3.63, 3.8) is 0 Å². The average Bonchev–Trinajstić information content (AvgIpc) is 2.93. The molecule has 1 saturated heterocycles. The van der Waals surface area contributed by atoms with E-state index in [4.69, 9.17) is 0 Å². The van der Waals surface area contributed by atoms with Crippen LogP contribution in [0.5, 0.6) is 0 Å². The zero-order valence-electron chi connectivity index (χ0n) is 11.0. The first-order valence-corrected chi connectivity index (χ1v) is 6.95. The number of urea groups is 1. The summed E-state index contributed by atoms with van der Waals surface area (Å²) in [6.07, 6.45) is 2.96. The highest BCUT2D eigenvalue weighted by molar-refractivity contribution is 7.11. The summed E-state index contributed by atoms with van der Waals surface area (Å²) in [6.45, 7) is 4.36. The second kappa shape index (κ2) is 5.16. The van der Waals surface area contributed by atoms with Crippen molar-refractivity contribution in [1.82, 2.24) is 15.2 Å². The first-order valence-electron chi connectivity index (χ1n) is 6.13. The minimum absolute atomic E-state index is 0.337. The van der Waals surface area contributed by atoms with E-state index in [1.54, 1.807) is 13.1 Å². The maximum Gasteiger partial charge on any atom is 0.329 e. The molecule has 1 aromatic heterocycles. The molecule has 1 unspecified atom stereocenters. The van der Waals surface area contributed by atoms with Crippen molar-refractivity contribution >= 4 is 23.3 Å². The van der Waals surface area contributed by atoms with Crippen LogP contribution in [-0.4, -0.2) is 39.1 Å². The van der Waals surface area contributed by atoms with Crippen molar-refractivity contribution < 1.29 is 14.7 Å². The van der Waals surface area contributed by atoms with Gasteiger partial charge in [0.25, 0.3) is 0 Å². The molecule has 0 aliphatic carbocycles. The number of aromatic nitrogens is 1. The summed E-state index contributed by atoms with van der Waals surface area (Å²) >= 11 is 1.52. The number of aliphatic carboxylic acids is 1. The smallest absolute Gasteiger partial charge is 0.329 e. The van der Waals surface area contributed by atoms with Crippen molar-refractivity contribution in [3.8, 4) is 0 Å². The van der Waals surface area contributed by atoms with Crippen LogP contribution >= 0.6 is 11.3 Å². The summed E-state index contributed by atoms with van der Waals surface area (Å²) in [5.41, 5.74) is -1.09. The number of nitrogens with zero attached hydrogens (tertiary/aromatic N) is 2. The highest BCUT2D eigenvalue weighted by Gasteiger charge is 2.45. The molecule has 2 rings (SSSR count). The van der Waals surface area contributed by atoms with Gasteiger partial charge in [0, 0.05) is 17.6 Å². The van der Waals surface area contributed by atoms with Crippen LogP contribution < -0.4 is 5.32 Å². The first-order chi connectivity index (χ1) is 8.93. The van der Waals surface area contributed by atoms with Crippen LogP contribution in [-0.2, 0) is 11.3 Å². The zero-order valence-corrected chi connectivity index (χ0v) is 11.8. The molecule has 0 radical (unpaired) electrons. The topological polar surface area (TPSA) is 82.5 Å². The Bertz CT molecular complexity index is 502. The second-order valence-corrected chi connectivity index (χ2v) is 6.18. The summed E-state index contributed by atoms with van der Waals surface area (Å²) in [6, 6.07) is -0.338. The lowest BCUT2D eigenvalue weighted by atomic mass is 10.00. The zero-order chi connectivity index (χ0) is 14.0. The first kappa shape index (κ1) is 13.8. The lowest BCUT2D eigenvalue weighted by molar-refractivity contribution is -0.147. The predicted octanol–water partition coefficient (Wildman–Crippen LogP) is 1.60. The molecule has 2 heterocycles. The van der Waals surface area contributed by atoms with Crippen molar-refractivity contribution in [1.29, 1.82) is 0 Å². The lowest BCUT2D eigenvalue weighted by Crippen LogP contribution is -2.53. The van der Waals surface area contributed by atoms with E-state index in [1.165, 1.54) is 16.2 Å². The van der Waals surface area contributed by atoms with E-state index in [0.717, 1.165) is 9.88 Å². The van der Waals surface area contributed by atoms with Gasteiger partial charge in [-0.3, -0.25) is 0 Å². The SMILES string of the molecule is Cc1cnc(CNC(=O)N2CCCC2(C)C(=O)O)s1. The van der Waals surface area contributed by atoms with E-state index in [2.05, 4.69) is 10.3 Å². The summed E-state index contributed by atoms with van der Waals surface area (Å²) in [5, 5.41) is 12.8. The molecular weight excluding hydrogens is 266 g/mol. The van der Waals surface area contributed by atoms with Gasteiger partial charge in [-0.15, -0.1) is 11.3 Å². The van der Waals surface area contributed by atoms with E-state index in [0.29, 0.717) is 25.9 Å². The molecule has 1 aliphatic rings. The number of thiazole rings is 1. The van der Waals surface area contributed by atoms with Gasteiger partial charge in [0.15, 0.2) is 0 Å². The summed E-state index contributed by atoms with van der Waals surface area (Å²) in [7, 11) is 0. The number of carbonyl (C=O) groups is 2. The molecule has 0 aromatic carbocycles. The maximum atomic E-state index is 12.1. The fraction of sp³-hybridized carbons (Fsp3) is 0.583. The predicted molar refractivity (Wildman–Crippen MR) is 71.1 cm³/mol. The largest absolute Gasteiger partial charge is 0.480 e. The van der Waals surface area contributed by atoms with Gasteiger partial charge in [0.05, 0.1) is 6.54 Å². The van der Waals surface area contributed by atoms with Crippen LogP contribution in [0.25, 0.3) is 0 Å². The number of carboxylic acids is 1. The minimum atomic E-state index is -1.09. The third-order valence-electron chi connectivity index (χ3n) is 3.41. The van der Waals surface area contributed by atoms with E-state index in [-0.39, 0.29) is 6.03 Å². The molecule has 2 N–H and O–H groups in total. The Hall–Kier alpha value is -1.63. The Morgan fingerprint density at radius 3 is 2.95 bits per heavy atom. The molecule has 7 heteroatoms. The van der Waals surface area contributed by atoms with E-state index < -0.39 is 11.5 Å². The molecule has 1 aromatic rings. The van der Waals surface area contributed by atoms with Gasteiger partial charge in [0.2, 0.25) is 0 Å². The highest BCUT2D eigenvalue weighted by Crippen LogP contribution is 2.29. The van der Waals surface area contributed by atoms with Gasteiger partial charge in [-0.25, -0.2) is 14.6 Å². The number of likely N-dealkylation sites (tertiary alicyclic amines) is 1. The third kappa shape index (κ3) is 2.70. The van der Waals surface area contributed by atoms with Crippen LogP contribution in [0.2, 0.25) is 0 Å². The molecule has 2 amide bonds. The van der Waals surface area contributed by atoms with Gasteiger partial charge in [0.1, 0.15) is 10.5 Å².